The van der Waals surface area contributed by atoms with E-state index in [9.17, 15) is 4.79 Å². The Bertz CT molecular complexity index is 917. The van der Waals surface area contributed by atoms with Crippen LogP contribution >= 0.6 is 22.9 Å². The monoisotopic (exact) mass is 377 g/mol. The molecule has 0 radical (unpaired) electrons. The van der Waals surface area contributed by atoms with E-state index in [4.69, 9.17) is 11.6 Å². The summed E-state index contributed by atoms with van der Waals surface area (Å²) in [6, 6.07) is 7.36. The van der Waals surface area contributed by atoms with Crippen LogP contribution < -0.4 is 4.90 Å². The lowest BCUT2D eigenvalue weighted by molar-refractivity contribution is 0.0976. The molecule has 3 rings (SSSR count). The number of rotatable bonds is 5. The predicted molar refractivity (Wildman–Crippen MR) is 103 cm³/mol. The summed E-state index contributed by atoms with van der Waals surface area (Å²) >= 11 is 7.54. The van der Waals surface area contributed by atoms with Gasteiger partial charge in [0.05, 0.1) is 15.9 Å². The Morgan fingerprint density at radius 1 is 1.28 bits per heavy atom. The molecule has 0 aliphatic carbocycles. The van der Waals surface area contributed by atoms with Gasteiger partial charge in [-0.15, -0.1) is 0 Å². The lowest BCUT2D eigenvalue weighted by Gasteiger charge is -2.21. The van der Waals surface area contributed by atoms with Crippen molar-refractivity contribution < 1.29 is 4.79 Å². The minimum atomic E-state index is -0.102. The minimum Gasteiger partial charge on any atom is -0.308 e. The van der Waals surface area contributed by atoms with Crippen LogP contribution in [0.5, 0.6) is 0 Å². The first-order valence-corrected chi connectivity index (χ1v) is 9.08. The van der Waals surface area contributed by atoms with Crippen molar-refractivity contribution in [3.05, 3.63) is 40.7 Å². The van der Waals surface area contributed by atoms with Crippen LogP contribution in [-0.4, -0.2) is 52.8 Å². The predicted octanol–water partition coefficient (Wildman–Crippen LogP) is 3.20. The Balaban J connectivity index is 2.00. The smallest absolute Gasteiger partial charge is 0.278 e. The zero-order valence-electron chi connectivity index (χ0n) is 14.7. The van der Waals surface area contributed by atoms with Crippen molar-refractivity contribution in [3.63, 3.8) is 0 Å². The largest absolute Gasteiger partial charge is 0.308 e. The number of aryl methyl sites for hydroxylation is 2. The van der Waals surface area contributed by atoms with Crippen LogP contribution in [0.4, 0.5) is 5.13 Å². The molecule has 132 valence electrons. The minimum absolute atomic E-state index is 0.102. The molecule has 0 spiro atoms. The molecule has 1 amide bonds. The van der Waals surface area contributed by atoms with Gasteiger partial charge in [0.2, 0.25) is 0 Å². The van der Waals surface area contributed by atoms with Gasteiger partial charge in [0.15, 0.2) is 5.13 Å². The van der Waals surface area contributed by atoms with Crippen LogP contribution in [0.3, 0.4) is 0 Å². The third-order valence-corrected chi connectivity index (χ3v) is 5.08. The summed E-state index contributed by atoms with van der Waals surface area (Å²) in [6.07, 6.45) is 0. The number of aromatic nitrogens is 3. The summed E-state index contributed by atoms with van der Waals surface area (Å²) in [6.45, 7) is 3.16. The molecule has 0 aliphatic heterocycles. The number of amides is 1. The number of benzene rings is 1. The summed E-state index contributed by atoms with van der Waals surface area (Å²) < 4.78 is 2.58. The van der Waals surface area contributed by atoms with Crippen molar-refractivity contribution in [2.24, 2.45) is 7.05 Å². The van der Waals surface area contributed by atoms with Gasteiger partial charge in [-0.05, 0) is 45.3 Å². The van der Waals surface area contributed by atoms with E-state index in [2.05, 4.69) is 10.1 Å². The molecular formula is C17H20ClN5OS. The Morgan fingerprint density at radius 2 is 2.04 bits per heavy atom. The summed E-state index contributed by atoms with van der Waals surface area (Å²) in [5.41, 5.74) is 2.20. The van der Waals surface area contributed by atoms with Crippen molar-refractivity contribution in [2.45, 2.75) is 6.92 Å². The maximum Gasteiger partial charge on any atom is 0.278 e. The zero-order valence-corrected chi connectivity index (χ0v) is 16.2. The molecule has 0 N–H and O–H groups in total. The number of halogens is 1. The summed E-state index contributed by atoms with van der Waals surface area (Å²) in [5.74, 6) is -0.102. The molecule has 2 aromatic heterocycles. The van der Waals surface area contributed by atoms with Crippen LogP contribution in [0.1, 0.15) is 16.2 Å². The Kier molecular flexibility index (Phi) is 5.08. The number of fused-ring (bicyclic) bond motifs is 1. The van der Waals surface area contributed by atoms with Gasteiger partial charge >= 0.3 is 0 Å². The van der Waals surface area contributed by atoms with E-state index in [0.29, 0.717) is 22.4 Å². The third-order valence-electron chi connectivity index (χ3n) is 3.81. The number of hydrogen-bond donors (Lipinski definition) is 0. The van der Waals surface area contributed by atoms with E-state index in [0.717, 1.165) is 22.5 Å². The number of carbonyl (C=O) groups excluding carboxylic acids is 1. The Hall–Kier alpha value is -1.96. The number of likely N-dealkylation sites (N-methyl/N-ethyl adjacent to an activating group) is 1. The average Bonchev–Trinajstić information content (AvgIpc) is 3.09. The van der Waals surface area contributed by atoms with E-state index in [1.54, 1.807) is 22.7 Å². The van der Waals surface area contributed by atoms with Gasteiger partial charge in [-0.1, -0.05) is 22.9 Å². The van der Waals surface area contributed by atoms with Gasteiger partial charge in [-0.2, -0.15) is 5.10 Å². The molecule has 0 unspecified atom stereocenters. The molecule has 0 fully saturated rings. The maximum absolute atomic E-state index is 13.1. The molecule has 0 atom stereocenters. The maximum atomic E-state index is 13.1. The Morgan fingerprint density at radius 3 is 2.68 bits per heavy atom. The SMILES string of the molecule is Cc1cc(C(=O)N(CCN(C)C)c2nc3ccc(Cl)cc3s2)n(C)n1. The second-order valence-corrected chi connectivity index (χ2v) is 7.61. The van der Waals surface area contributed by atoms with Crippen molar-refractivity contribution in [1.29, 1.82) is 0 Å². The molecule has 0 saturated heterocycles. The Labute approximate surface area is 155 Å². The number of anilines is 1. The highest BCUT2D eigenvalue weighted by molar-refractivity contribution is 7.22. The number of thiazole rings is 1. The molecule has 0 bridgehead atoms. The highest BCUT2D eigenvalue weighted by atomic mass is 35.5. The van der Waals surface area contributed by atoms with Gasteiger partial charge in [0.25, 0.3) is 5.91 Å². The number of nitrogens with zero attached hydrogens (tertiary/aromatic N) is 5. The molecular weight excluding hydrogens is 358 g/mol. The normalized spacial score (nSPS) is 11.4. The molecule has 1 aromatic carbocycles. The molecule has 25 heavy (non-hydrogen) atoms. The summed E-state index contributed by atoms with van der Waals surface area (Å²) in [4.78, 5) is 21.5. The van der Waals surface area contributed by atoms with Crippen LogP contribution in [0.15, 0.2) is 24.3 Å². The van der Waals surface area contributed by atoms with Gasteiger partial charge in [-0.3, -0.25) is 14.4 Å². The quantitative estimate of drug-likeness (QED) is 0.685. The van der Waals surface area contributed by atoms with Crippen molar-refractivity contribution in [2.75, 3.05) is 32.1 Å². The lowest BCUT2D eigenvalue weighted by Crippen LogP contribution is -2.37. The standard InChI is InChI=1S/C17H20ClN5OS/c1-11-9-14(22(4)20-11)16(24)23(8-7-21(2)3)17-19-13-6-5-12(18)10-15(13)25-17/h5-6,9-10H,7-8H2,1-4H3. The first kappa shape index (κ1) is 17.8. The number of hydrogen-bond acceptors (Lipinski definition) is 5. The lowest BCUT2D eigenvalue weighted by atomic mass is 10.3. The summed E-state index contributed by atoms with van der Waals surface area (Å²) in [5, 5.41) is 5.61. The molecule has 0 saturated carbocycles. The van der Waals surface area contributed by atoms with Crippen LogP contribution in [0.25, 0.3) is 10.2 Å². The van der Waals surface area contributed by atoms with Gasteiger partial charge in [-0.25, -0.2) is 4.98 Å². The molecule has 0 aliphatic rings. The topological polar surface area (TPSA) is 54.3 Å². The second kappa shape index (κ2) is 7.11. The fraction of sp³-hybridized carbons (Fsp3) is 0.353. The second-order valence-electron chi connectivity index (χ2n) is 6.16. The highest BCUT2D eigenvalue weighted by Gasteiger charge is 2.24. The number of carbonyl (C=O) groups is 1. The van der Waals surface area contributed by atoms with Crippen molar-refractivity contribution in [1.82, 2.24) is 19.7 Å². The molecule has 3 aromatic rings. The third kappa shape index (κ3) is 3.84. The van der Waals surface area contributed by atoms with Gasteiger partial charge < -0.3 is 4.90 Å². The molecule has 6 nitrogen and oxygen atoms in total. The average molecular weight is 378 g/mol. The highest BCUT2D eigenvalue weighted by Crippen LogP contribution is 2.31. The van der Waals surface area contributed by atoms with E-state index in [1.807, 2.05) is 44.1 Å². The van der Waals surface area contributed by atoms with Crippen LogP contribution in [0, 0.1) is 6.92 Å². The first-order valence-electron chi connectivity index (χ1n) is 7.88. The fourth-order valence-corrected chi connectivity index (χ4v) is 3.80. The van der Waals surface area contributed by atoms with Gasteiger partial charge in [0.1, 0.15) is 5.69 Å². The molecule has 8 heteroatoms. The van der Waals surface area contributed by atoms with E-state index in [-0.39, 0.29) is 5.91 Å². The summed E-state index contributed by atoms with van der Waals surface area (Å²) in [7, 11) is 5.74. The fourth-order valence-electron chi connectivity index (χ4n) is 2.53. The van der Waals surface area contributed by atoms with E-state index in [1.165, 1.54) is 11.3 Å². The van der Waals surface area contributed by atoms with Crippen molar-refractivity contribution in [3.8, 4) is 0 Å². The zero-order chi connectivity index (χ0) is 18.1. The van der Waals surface area contributed by atoms with Crippen molar-refractivity contribution >= 4 is 44.2 Å². The van der Waals surface area contributed by atoms with Crippen LogP contribution in [0.2, 0.25) is 5.02 Å². The van der Waals surface area contributed by atoms with E-state index < -0.39 is 0 Å². The first-order chi connectivity index (χ1) is 11.8. The molecule has 2 heterocycles. The van der Waals surface area contributed by atoms with E-state index >= 15 is 0 Å². The van der Waals surface area contributed by atoms with Crippen LogP contribution in [-0.2, 0) is 7.05 Å². The van der Waals surface area contributed by atoms with Gasteiger partial charge in [0, 0.05) is 25.2 Å².